The molecule has 1 aromatic rings. The lowest BCUT2D eigenvalue weighted by atomic mass is 9.85. The van der Waals surface area contributed by atoms with Gasteiger partial charge in [-0.25, -0.2) is 4.90 Å². The van der Waals surface area contributed by atoms with Crippen molar-refractivity contribution in [3.8, 4) is 0 Å². The van der Waals surface area contributed by atoms with Gasteiger partial charge in [-0.05, 0) is 69.6 Å². The first-order valence-electron chi connectivity index (χ1n) is 6.07. The van der Waals surface area contributed by atoms with Crippen molar-refractivity contribution >= 4 is 56.0 Å². The number of carbonyl (C=O) groups is 2. The summed E-state index contributed by atoms with van der Waals surface area (Å²) in [5.74, 6) is -0.467. The van der Waals surface area contributed by atoms with Crippen LogP contribution < -0.4 is 4.90 Å². The minimum absolute atomic E-state index is 0.0625. The third-order valence-corrected chi connectivity index (χ3v) is 6.01. The van der Waals surface area contributed by atoms with Crippen LogP contribution in [0.5, 0.6) is 0 Å². The molecule has 0 unspecified atom stereocenters. The van der Waals surface area contributed by atoms with Crippen molar-refractivity contribution in [2.24, 2.45) is 11.8 Å². The maximum absolute atomic E-state index is 12.4. The number of carbonyl (C=O) groups excluding carboxylic acids is 2. The monoisotopic (exact) mass is 431 g/mol. The van der Waals surface area contributed by atoms with Gasteiger partial charge in [0.15, 0.2) is 0 Å². The van der Waals surface area contributed by atoms with Gasteiger partial charge in [-0.1, -0.05) is 12.2 Å². The summed E-state index contributed by atoms with van der Waals surface area (Å²) in [6.07, 6.45) is 5.36. The zero-order valence-corrected chi connectivity index (χ0v) is 13.7. The normalized spacial score (nSPS) is 25.9. The zero-order chi connectivity index (χ0) is 13.6. The van der Waals surface area contributed by atoms with E-state index in [1.165, 1.54) is 4.90 Å². The molecular weight excluding hydrogens is 421 g/mol. The van der Waals surface area contributed by atoms with E-state index in [-0.39, 0.29) is 23.7 Å². The summed E-state index contributed by atoms with van der Waals surface area (Å²) in [4.78, 5) is 26.2. The van der Waals surface area contributed by atoms with Crippen LogP contribution in [-0.4, -0.2) is 11.8 Å². The Morgan fingerprint density at radius 3 is 2.21 bits per heavy atom. The van der Waals surface area contributed by atoms with Crippen LogP contribution in [0.15, 0.2) is 34.8 Å². The number of benzene rings is 1. The zero-order valence-electron chi connectivity index (χ0n) is 9.98. The molecule has 0 spiro atoms. The van der Waals surface area contributed by atoms with Gasteiger partial charge in [0.2, 0.25) is 11.8 Å². The molecule has 1 aromatic carbocycles. The van der Waals surface area contributed by atoms with Crippen LogP contribution in [0.3, 0.4) is 0 Å². The Kier molecular flexibility index (Phi) is 3.51. The number of anilines is 1. The lowest BCUT2D eigenvalue weighted by Crippen LogP contribution is -2.30. The SMILES string of the molecule is O=C1[C@H]2CC=CC[C@H]2C(=O)N1c1ccc(I)c(Br)c1. The van der Waals surface area contributed by atoms with Crippen LogP contribution in [-0.2, 0) is 9.59 Å². The van der Waals surface area contributed by atoms with Crippen molar-refractivity contribution in [2.75, 3.05) is 4.90 Å². The molecule has 2 amide bonds. The van der Waals surface area contributed by atoms with Crippen LogP contribution in [0.2, 0.25) is 0 Å². The number of imide groups is 1. The maximum atomic E-state index is 12.4. The number of nitrogens with zero attached hydrogens (tertiary/aromatic N) is 1. The summed E-state index contributed by atoms with van der Waals surface area (Å²) < 4.78 is 1.96. The van der Waals surface area contributed by atoms with Crippen molar-refractivity contribution in [1.82, 2.24) is 0 Å². The number of hydrogen-bond acceptors (Lipinski definition) is 2. The first-order chi connectivity index (χ1) is 9.09. The first-order valence-corrected chi connectivity index (χ1v) is 7.94. The maximum Gasteiger partial charge on any atom is 0.238 e. The largest absolute Gasteiger partial charge is 0.274 e. The Hall–Kier alpha value is -0.690. The van der Waals surface area contributed by atoms with Crippen molar-refractivity contribution in [2.45, 2.75) is 12.8 Å². The van der Waals surface area contributed by atoms with Crippen LogP contribution in [0.1, 0.15) is 12.8 Å². The molecule has 1 fully saturated rings. The van der Waals surface area contributed by atoms with Crippen LogP contribution >= 0.6 is 38.5 Å². The Morgan fingerprint density at radius 2 is 1.68 bits per heavy atom. The van der Waals surface area contributed by atoms with Crippen molar-refractivity contribution in [1.29, 1.82) is 0 Å². The topological polar surface area (TPSA) is 37.4 Å². The molecule has 0 saturated carbocycles. The van der Waals surface area contributed by atoms with E-state index in [1.807, 2.05) is 30.4 Å². The molecule has 2 atom stereocenters. The Morgan fingerprint density at radius 1 is 1.11 bits per heavy atom. The van der Waals surface area contributed by atoms with E-state index < -0.39 is 0 Å². The predicted molar refractivity (Wildman–Crippen MR) is 84.7 cm³/mol. The molecule has 19 heavy (non-hydrogen) atoms. The van der Waals surface area contributed by atoms with Gasteiger partial charge < -0.3 is 0 Å². The quantitative estimate of drug-likeness (QED) is 0.387. The van der Waals surface area contributed by atoms with Gasteiger partial charge in [0.25, 0.3) is 0 Å². The number of fused-ring (bicyclic) bond motifs is 1. The molecule has 3 nitrogen and oxygen atoms in total. The molecule has 0 radical (unpaired) electrons. The number of rotatable bonds is 1. The second kappa shape index (κ2) is 5.01. The fraction of sp³-hybridized carbons (Fsp3) is 0.286. The van der Waals surface area contributed by atoms with E-state index in [1.54, 1.807) is 0 Å². The molecule has 2 aliphatic rings. The first kappa shape index (κ1) is 13.3. The standard InChI is InChI=1S/C14H11BrINO2/c15-11-7-8(5-6-12(11)16)17-13(18)9-3-1-2-4-10(9)14(17)19/h1-2,5-7,9-10H,3-4H2/t9-,10+. The van der Waals surface area contributed by atoms with Gasteiger partial charge >= 0.3 is 0 Å². The second-order valence-electron chi connectivity index (χ2n) is 4.77. The highest BCUT2D eigenvalue weighted by molar-refractivity contribution is 14.1. The lowest BCUT2D eigenvalue weighted by molar-refractivity contribution is -0.122. The summed E-state index contributed by atoms with van der Waals surface area (Å²) in [5.41, 5.74) is 0.664. The average molecular weight is 432 g/mol. The number of halogens is 2. The highest BCUT2D eigenvalue weighted by atomic mass is 127. The fourth-order valence-corrected chi connectivity index (χ4v) is 3.38. The summed E-state index contributed by atoms with van der Waals surface area (Å²) in [7, 11) is 0. The van der Waals surface area contributed by atoms with E-state index in [0.29, 0.717) is 18.5 Å². The molecule has 0 bridgehead atoms. The smallest absolute Gasteiger partial charge is 0.238 e. The molecule has 3 rings (SSSR count). The number of amides is 2. The Labute approximate surface area is 133 Å². The summed E-state index contributed by atoms with van der Waals surface area (Å²) >= 11 is 5.64. The van der Waals surface area contributed by atoms with E-state index in [9.17, 15) is 9.59 Å². The molecule has 0 aromatic heterocycles. The minimum Gasteiger partial charge on any atom is -0.274 e. The lowest BCUT2D eigenvalue weighted by Gasteiger charge is -2.15. The summed E-state index contributed by atoms with van der Waals surface area (Å²) in [6.45, 7) is 0. The van der Waals surface area contributed by atoms with Crippen molar-refractivity contribution in [3.05, 3.63) is 38.4 Å². The molecule has 98 valence electrons. The molecule has 1 heterocycles. The van der Waals surface area contributed by atoms with Crippen LogP contribution in [0.25, 0.3) is 0 Å². The summed E-state index contributed by atoms with van der Waals surface area (Å²) in [5, 5.41) is 0. The third kappa shape index (κ3) is 2.16. The number of hydrogen-bond donors (Lipinski definition) is 0. The van der Waals surface area contributed by atoms with E-state index in [0.717, 1.165) is 8.04 Å². The van der Waals surface area contributed by atoms with Crippen LogP contribution in [0, 0.1) is 15.4 Å². The van der Waals surface area contributed by atoms with E-state index in [4.69, 9.17) is 0 Å². The molecule has 1 aliphatic heterocycles. The molecule has 0 N–H and O–H groups in total. The van der Waals surface area contributed by atoms with E-state index >= 15 is 0 Å². The van der Waals surface area contributed by atoms with Gasteiger partial charge in [0.1, 0.15) is 0 Å². The van der Waals surface area contributed by atoms with Gasteiger partial charge in [-0.15, -0.1) is 0 Å². The van der Waals surface area contributed by atoms with Crippen molar-refractivity contribution in [3.63, 3.8) is 0 Å². The van der Waals surface area contributed by atoms with Gasteiger partial charge in [-0.2, -0.15) is 0 Å². The average Bonchev–Trinajstić information content (AvgIpc) is 2.66. The van der Waals surface area contributed by atoms with E-state index in [2.05, 4.69) is 38.5 Å². The number of allylic oxidation sites excluding steroid dienone is 2. The van der Waals surface area contributed by atoms with Gasteiger partial charge in [0.05, 0.1) is 17.5 Å². The van der Waals surface area contributed by atoms with Gasteiger partial charge in [0, 0.05) is 8.04 Å². The molecular formula is C14H11BrINO2. The molecule has 1 saturated heterocycles. The Balaban J connectivity index is 1.99. The highest BCUT2D eigenvalue weighted by Gasteiger charge is 2.47. The fourth-order valence-electron chi connectivity index (χ4n) is 2.68. The second-order valence-corrected chi connectivity index (χ2v) is 6.78. The predicted octanol–water partition coefficient (Wildman–Crippen LogP) is 3.51. The third-order valence-electron chi connectivity index (χ3n) is 3.67. The highest BCUT2D eigenvalue weighted by Crippen LogP contribution is 2.38. The summed E-state index contributed by atoms with van der Waals surface area (Å²) in [6, 6.07) is 5.57. The Bertz CT molecular complexity index is 573. The van der Waals surface area contributed by atoms with Crippen LogP contribution in [0.4, 0.5) is 5.69 Å². The van der Waals surface area contributed by atoms with Gasteiger partial charge in [-0.3, -0.25) is 9.59 Å². The van der Waals surface area contributed by atoms with Crippen molar-refractivity contribution < 1.29 is 9.59 Å². The molecule has 1 aliphatic carbocycles. The minimum atomic E-state index is -0.171. The molecule has 5 heteroatoms.